The van der Waals surface area contributed by atoms with E-state index in [1.54, 1.807) is 31.3 Å². The number of nitrogens with one attached hydrogen (secondary N) is 1. The van der Waals surface area contributed by atoms with Gasteiger partial charge in [-0.25, -0.2) is 4.98 Å². The maximum absolute atomic E-state index is 5.41. The lowest BCUT2D eigenvalue weighted by Crippen LogP contribution is -2.13. The molecule has 2 rings (SSSR count). The lowest BCUT2D eigenvalue weighted by molar-refractivity contribution is 0.411. The van der Waals surface area contributed by atoms with Gasteiger partial charge in [0.25, 0.3) is 5.22 Å². The van der Waals surface area contributed by atoms with Crippen molar-refractivity contribution in [2.45, 2.75) is 30.9 Å². The van der Waals surface area contributed by atoms with Gasteiger partial charge in [0.15, 0.2) is 0 Å². The molecule has 0 atom stereocenters. The molecule has 0 radical (unpaired) electrons. The molecular formula is C15H20N2O2S. The van der Waals surface area contributed by atoms with Crippen LogP contribution in [0.4, 0.5) is 0 Å². The molecule has 1 aromatic heterocycles. The number of benzene rings is 1. The molecule has 0 bridgehead atoms. The van der Waals surface area contributed by atoms with E-state index < -0.39 is 0 Å². The van der Waals surface area contributed by atoms with Crippen LogP contribution in [0.3, 0.4) is 0 Å². The van der Waals surface area contributed by atoms with Crippen molar-refractivity contribution in [2.75, 3.05) is 13.7 Å². The van der Waals surface area contributed by atoms with Gasteiger partial charge in [-0.2, -0.15) is 0 Å². The van der Waals surface area contributed by atoms with Crippen LogP contribution in [0.1, 0.15) is 24.5 Å². The summed E-state index contributed by atoms with van der Waals surface area (Å²) in [6, 6.07) is 6.30. The van der Waals surface area contributed by atoms with Crippen LogP contribution in [0.25, 0.3) is 0 Å². The summed E-state index contributed by atoms with van der Waals surface area (Å²) >= 11 is 1.57. The molecule has 1 aromatic carbocycles. The molecule has 1 heterocycles. The van der Waals surface area contributed by atoms with Crippen LogP contribution in [0, 0.1) is 0 Å². The Bertz CT molecular complexity index is 515. The van der Waals surface area contributed by atoms with Gasteiger partial charge in [-0.05, 0) is 30.7 Å². The van der Waals surface area contributed by atoms with E-state index in [9.17, 15) is 0 Å². The predicted molar refractivity (Wildman–Crippen MR) is 81.1 cm³/mol. The Labute approximate surface area is 123 Å². The van der Waals surface area contributed by atoms with Crippen molar-refractivity contribution in [1.29, 1.82) is 0 Å². The Morgan fingerprint density at radius 2 is 2.30 bits per heavy atom. The summed E-state index contributed by atoms with van der Waals surface area (Å²) in [7, 11) is 1.70. The number of ether oxygens (including phenoxy) is 1. The molecule has 1 N–H and O–H groups in total. The molecule has 20 heavy (non-hydrogen) atoms. The average Bonchev–Trinajstić information content (AvgIpc) is 2.99. The Balaban J connectivity index is 2.02. The molecule has 2 aromatic rings. The fraction of sp³-hybridized carbons (Fsp3) is 0.400. The number of methoxy groups -OCH3 is 1. The van der Waals surface area contributed by atoms with E-state index in [2.05, 4.69) is 29.4 Å². The second kappa shape index (κ2) is 7.97. The predicted octanol–water partition coefficient (Wildman–Crippen LogP) is 3.48. The van der Waals surface area contributed by atoms with E-state index in [0.717, 1.165) is 36.6 Å². The molecule has 0 aliphatic rings. The van der Waals surface area contributed by atoms with Gasteiger partial charge >= 0.3 is 0 Å². The standard InChI is InChI=1S/C15H20N2O2S/c1-3-6-16-10-12-4-5-14(18-2)13(9-12)11-20-15-17-7-8-19-15/h4-5,7-9,16H,3,6,10-11H2,1-2H3. The van der Waals surface area contributed by atoms with Crippen molar-refractivity contribution in [1.82, 2.24) is 10.3 Å². The lowest BCUT2D eigenvalue weighted by atomic mass is 10.1. The highest BCUT2D eigenvalue weighted by Crippen LogP contribution is 2.27. The quantitative estimate of drug-likeness (QED) is 0.596. The molecule has 0 saturated carbocycles. The Morgan fingerprint density at radius 1 is 1.40 bits per heavy atom. The van der Waals surface area contributed by atoms with Crippen molar-refractivity contribution in [3.8, 4) is 5.75 Å². The number of thioether (sulfide) groups is 1. The van der Waals surface area contributed by atoms with Crippen LogP contribution in [0.5, 0.6) is 5.75 Å². The van der Waals surface area contributed by atoms with Crippen LogP contribution in [-0.2, 0) is 12.3 Å². The lowest BCUT2D eigenvalue weighted by Gasteiger charge is -2.10. The summed E-state index contributed by atoms with van der Waals surface area (Å²) < 4.78 is 10.6. The number of hydrogen-bond donors (Lipinski definition) is 1. The fourth-order valence-electron chi connectivity index (χ4n) is 1.89. The van der Waals surface area contributed by atoms with Crippen molar-refractivity contribution < 1.29 is 9.15 Å². The molecule has 0 spiro atoms. The molecule has 0 saturated heterocycles. The number of oxazole rings is 1. The number of rotatable bonds is 8. The molecule has 0 aliphatic heterocycles. The normalized spacial score (nSPS) is 10.7. The monoisotopic (exact) mass is 292 g/mol. The van der Waals surface area contributed by atoms with E-state index in [1.165, 1.54) is 5.56 Å². The van der Waals surface area contributed by atoms with Crippen LogP contribution < -0.4 is 10.1 Å². The third kappa shape index (κ3) is 4.28. The minimum atomic E-state index is 0.682. The van der Waals surface area contributed by atoms with Crippen LogP contribution in [0.15, 0.2) is 40.3 Å². The molecule has 4 nitrogen and oxygen atoms in total. The maximum Gasteiger partial charge on any atom is 0.255 e. The number of nitrogens with zero attached hydrogens (tertiary/aromatic N) is 1. The highest BCUT2D eigenvalue weighted by Gasteiger charge is 2.07. The molecule has 0 aliphatic carbocycles. The fourth-order valence-corrected chi connectivity index (χ4v) is 2.65. The summed E-state index contributed by atoms with van der Waals surface area (Å²) in [6.07, 6.45) is 4.39. The second-order valence-electron chi connectivity index (χ2n) is 4.41. The summed E-state index contributed by atoms with van der Waals surface area (Å²) in [5, 5.41) is 4.09. The summed E-state index contributed by atoms with van der Waals surface area (Å²) in [5.74, 6) is 1.69. The summed E-state index contributed by atoms with van der Waals surface area (Å²) in [5.41, 5.74) is 2.42. The van der Waals surface area contributed by atoms with Crippen molar-refractivity contribution in [2.24, 2.45) is 0 Å². The molecule has 5 heteroatoms. The minimum Gasteiger partial charge on any atom is -0.496 e. The second-order valence-corrected chi connectivity index (χ2v) is 5.34. The smallest absolute Gasteiger partial charge is 0.255 e. The number of hydrogen-bond acceptors (Lipinski definition) is 5. The third-order valence-electron chi connectivity index (χ3n) is 2.86. The van der Waals surface area contributed by atoms with Gasteiger partial charge in [-0.3, -0.25) is 0 Å². The first kappa shape index (κ1) is 14.9. The highest BCUT2D eigenvalue weighted by atomic mass is 32.2. The zero-order valence-corrected chi connectivity index (χ0v) is 12.7. The van der Waals surface area contributed by atoms with Crippen LogP contribution in [-0.4, -0.2) is 18.6 Å². The van der Waals surface area contributed by atoms with E-state index in [1.807, 2.05) is 6.07 Å². The Hall–Kier alpha value is -1.46. The zero-order valence-electron chi connectivity index (χ0n) is 11.9. The van der Waals surface area contributed by atoms with Crippen LogP contribution in [0.2, 0.25) is 0 Å². The topological polar surface area (TPSA) is 47.3 Å². The van der Waals surface area contributed by atoms with Gasteiger partial charge in [-0.1, -0.05) is 24.8 Å². The number of aromatic nitrogens is 1. The van der Waals surface area contributed by atoms with Crippen LogP contribution >= 0.6 is 11.8 Å². The average molecular weight is 292 g/mol. The molecule has 0 unspecified atom stereocenters. The SMILES string of the molecule is CCCNCc1ccc(OC)c(CSc2ncco2)c1. The first-order valence-corrected chi connectivity index (χ1v) is 7.71. The maximum atomic E-state index is 5.41. The van der Waals surface area contributed by atoms with Gasteiger partial charge in [0.05, 0.1) is 13.3 Å². The third-order valence-corrected chi connectivity index (χ3v) is 3.77. The van der Waals surface area contributed by atoms with E-state index >= 15 is 0 Å². The summed E-state index contributed by atoms with van der Waals surface area (Å²) in [4.78, 5) is 4.11. The Kier molecular flexibility index (Phi) is 5.95. The summed E-state index contributed by atoms with van der Waals surface area (Å²) in [6.45, 7) is 4.08. The molecule has 0 fully saturated rings. The van der Waals surface area contributed by atoms with Crippen molar-refractivity contribution >= 4 is 11.8 Å². The van der Waals surface area contributed by atoms with Crippen molar-refractivity contribution in [3.05, 3.63) is 41.8 Å². The minimum absolute atomic E-state index is 0.682. The van der Waals surface area contributed by atoms with Gasteiger partial charge in [0, 0.05) is 17.9 Å². The van der Waals surface area contributed by atoms with Gasteiger partial charge in [0.1, 0.15) is 12.0 Å². The first-order valence-electron chi connectivity index (χ1n) is 6.72. The van der Waals surface area contributed by atoms with Gasteiger partial charge in [-0.15, -0.1) is 0 Å². The van der Waals surface area contributed by atoms with E-state index in [0.29, 0.717) is 5.22 Å². The first-order chi connectivity index (χ1) is 9.83. The highest BCUT2D eigenvalue weighted by molar-refractivity contribution is 7.98. The van der Waals surface area contributed by atoms with Crippen molar-refractivity contribution in [3.63, 3.8) is 0 Å². The zero-order chi connectivity index (χ0) is 14.2. The van der Waals surface area contributed by atoms with E-state index in [4.69, 9.17) is 9.15 Å². The molecular weight excluding hydrogens is 272 g/mol. The van der Waals surface area contributed by atoms with Gasteiger partial charge < -0.3 is 14.5 Å². The van der Waals surface area contributed by atoms with Gasteiger partial charge in [0.2, 0.25) is 0 Å². The molecule has 0 amide bonds. The van der Waals surface area contributed by atoms with E-state index in [-0.39, 0.29) is 0 Å². The molecule has 108 valence electrons. The Morgan fingerprint density at radius 3 is 3.00 bits per heavy atom. The largest absolute Gasteiger partial charge is 0.496 e.